The van der Waals surface area contributed by atoms with Gasteiger partial charge >= 0.3 is 5.97 Å². The van der Waals surface area contributed by atoms with Crippen molar-refractivity contribution < 1.29 is 15.6 Å². The normalized spacial score (nSPS) is 54.9. The Morgan fingerprint density at radius 1 is 1.21 bits per heavy atom. The average molecular weight is 196 g/mol. The van der Waals surface area contributed by atoms with Crippen LogP contribution in [0.2, 0.25) is 0 Å². The van der Waals surface area contributed by atoms with Gasteiger partial charge < -0.3 is 10.8 Å². The van der Waals surface area contributed by atoms with Crippen LogP contribution in [-0.4, -0.2) is 16.6 Å². The van der Waals surface area contributed by atoms with Gasteiger partial charge in [-0.2, -0.15) is 0 Å². The van der Waals surface area contributed by atoms with E-state index in [1.807, 2.05) is 0 Å². The zero-order valence-corrected chi connectivity index (χ0v) is 8.46. The van der Waals surface area contributed by atoms with E-state index in [0.29, 0.717) is 11.8 Å². The van der Waals surface area contributed by atoms with E-state index in [1.165, 1.54) is 19.3 Å². The van der Waals surface area contributed by atoms with Crippen molar-refractivity contribution in [3.8, 4) is 0 Å². The van der Waals surface area contributed by atoms with E-state index in [2.05, 4.69) is 5.73 Å². The van der Waals surface area contributed by atoms with E-state index in [9.17, 15) is 9.90 Å². The van der Waals surface area contributed by atoms with Gasteiger partial charge in [-0.3, -0.25) is 4.79 Å². The Morgan fingerprint density at radius 2 is 1.79 bits per heavy atom. The van der Waals surface area contributed by atoms with E-state index in [4.69, 9.17) is 0 Å². The lowest BCUT2D eigenvalue weighted by molar-refractivity contribution is -0.508. The van der Waals surface area contributed by atoms with Gasteiger partial charge in [-0.25, -0.2) is 0 Å². The zero-order chi connectivity index (χ0) is 9.97. The first kappa shape index (κ1) is 8.72. The standard InChI is InChI=1S/C11H17NO2/c12-11-4-7-1-8(5-11)3-10(2-7,6-11)9(13)14/h7-8H,1-6,12H2,(H,13,14)/p+1. The minimum atomic E-state index is -0.556. The molecule has 4 N–H and O–H groups in total. The summed E-state index contributed by atoms with van der Waals surface area (Å²) in [6.45, 7) is 0. The second kappa shape index (κ2) is 2.32. The minimum absolute atomic E-state index is 0.114. The van der Waals surface area contributed by atoms with E-state index in [-0.39, 0.29) is 11.0 Å². The molecule has 0 heterocycles. The maximum Gasteiger partial charge on any atom is 0.309 e. The molecule has 0 aromatic heterocycles. The Kier molecular flexibility index (Phi) is 1.45. The van der Waals surface area contributed by atoms with Crippen LogP contribution in [0.1, 0.15) is 38.5 Å². The molecule has 0 saturated heterocycles. The number of carboxylic acid groups (broad SMARTS) is 1. The zero-order valence-electron chi connectivity index (χ0n) is 8.46. The first-order valence-electron chi connectivity index (χ1n) is 5.60. The molecule has 3 nitrogen and oxygen atoms in total. The quantitative estimate of drug-likeness (QED) is 0.646. The van der Waals surface area contributed by atoms with Crippen LogP contribution in [-0.2, 0) is 4.79 Å². The fraction of sp³-hybridized carbons (Fsp3) is 0.909. The predicted octanol–water partition coefficient (Wildman–Crippen LogP) is 0.652. The van der Waals surface area contributed by atoms with E-state index < -0.39 is 5.97 Å². The summed E-state index contributed by atoms with van der Waals surface area (Å²) in [5, 5.41) is 9.37. The Morgan fingerprint density at radius 3 is 2.21 bits per heavy atom. The van der Waals surface area contributed by atoms with Gasteiger partial charge in [0.25, 0.3) is 0 Å². The molecule has 4 aliphatic rings. The fourth-order valence-electron chi connectivity index (χ4n) is 4.70. The van der Waals surface area contributed by atoms with Crippen LogP contribution in [0.15, 0.2) is 0 Å². The molecule has 0 aromatic rings. The number of aliphatic carboxylic acids is 1. The number of carboxylic acids is 1. The van der Waals surface area contributed by atoms with Crippen LogP contribution in [0, 0.1) is 17.3 Å². The molecule has 0 aliphatic heterocycles. The van der Waals surface area contributed by atoms with Gasteiger partial charge in [-0.1, -0.05) is 0 Å². The van der Waals surface area contributed by atoms with Gasteiger partial charge in [-0.05, 0) is 31.1 Å². The Balaban J connectivity index is 2.00. The summed E-state index contributed by atoms with van der Waals surface area (Å²) in [4.78, 5) is 11.4. The van der Waals surface area contributed by atoms with E-state index in [1.54, 1.807) is 0 Å². The van der Waals surface area contributed by atoms with Crippen LogP contribution >= 0.6 is 0 Å². The van der Waals surface area contributed by atoms with Crippen molar-refractivity contribution in [1.82, 2.24) is 0 Å². The monoisotopic (exact) mass is 196 g/mol. The van der Waals surface area contributed by atoms with Crippen LogP contribution < -0.4 is 5.73 Å². The first-order chi connectivity index (χ1) is 6.51. The minimum Gasteiger partial charge on any atom is -0.481 e. The average Bonchev–Trinajstić information content (AvgIpc) is 1.98. The molecular formula is C11H18NO2+. The van der Waals surface area contributed by atoms with Crippen molar-refractivity contribution in [2.24, 2.45) is 17.3 Å². The number of rotatable bonds is 1. The molecule has 2 atom stereocenters. The second-order valence-electron chi connectivity index (χ2n) is 6.05. The molecule has 0 amide bonds. The highest BCUT2D eigenvalue weighted by Gasteiger charge is 2.61. The van der Waals surface area contributed by atoms with E-state index >= 15 is 0 Å². The third-order valence-corrected chi connectivity index (χ3v) is 4.64. The third-order valence-electron chi connectivity index (χ3n) is 4.64. The van der Waals surface area contributed by atoms with Crippen LogP contribution in [0.4, 0.5) is 0 Å². The van der Waals surface area contributed by atoms with Gasteiger partial charge in [0.15, 0.2) is 0 Å². The van der Waals surface area contributed by atoms with Crippen molar-refractivity contribution in [3.63, 3.8) is 0 Å². The molecular weight excluding hydrogens is 178 g/mol. The lowest BCUT2D eigenvalue weighted by atomic mass is 9.47. The van der Waals surface area contributed by atoms with Crippen molar-refractivity contribution >= 4 is 5.97 Å². The number of carbonyl (C=O) groups is 1. The summed E-state index contributed by atoms with van der Waals surface area (Å²) in [7, 11) is 0. The number of quaternary nitrogens is 1. The van der Waals surface area contributed by atoms with Gasteiger partial charge in [0.1, 0.15) is 0 Å². The molecule has 0 spiro atoms. The lowest BCUT2D eigenvalue weighted by Gasteiger charge is -2.57. The first-order valence-corrected chi connectivity index (χ1v) is 5.60. The van der Waals surface area contributed by atoms with Crippen molar-refractivity contribution in [2.75, 3.05) is 0 Å². The maximum absolute atomic E-state index is 11.4. The van der Waals surface area contributed by atoms with Crippen molar-refractivity contribution in [1.29, 1.82) is 0 Å². The molecule has 4 rings (SSSR count). The maximum atomic E-state index is 11.4. The highest BCUT2D eigenvalue weighted by molar-refractivity contribution is 5.75. The number of hydrogen-bond donors (Lipinski definition) is 2. The molecule has 4 fully saturated rings. The van der Waals surface area contributed by atoms with Gasteiger partial charge in [0.05, 0.1) is 11.0 Å². The Hall–Kier alpha value is -0.570. The SMILES string of the molecule is [NH3+]C12CC3CC(C1)CC(C(=O)O)(C3)C2. The highest BCUT2D eigenvalue weighted by atomic mass is 16.4. The molecule has 14 heavy (non-hydrogen) atoms. The molecule has 0 aromatic carbocycles. The smallest absolute Gasteiger partial charge is 0.309 e. The Bertz CT molecular complexity index is 286. The molecule has 78 valence electrons. The molecule has 3 heteroatoms. The largest absolute Gasteiger partial charge is 0.481 e. The number of hydrogen-bond acceptors (Lipinski definition) is 1. The third kappa shape index (κ3) is 0.991. The van der Waals surface area contributed by atoms with Gasteiger partial charge in [-0.15, -0.1) is 0 Å². The second-order valence-corrected chi connectivity index (χ2v) is 6.05. The summed E-state index contributed by atoms with van der Waals surface area (Å²) < 4.78 is 0. The van der Waals surface area contributed by atoms with Crippen molar-refractivity contribution in [3.05, 3.63) is 0 Å². The van der Waals surface area contributed by atoms with Crippen LogP contribution in [0.3, 0.4) is 0 Å². The summed E-state index contributed by atoms with van der Waals surface area (Å²) in [5.41, 5.74) is 4.02. The molecule has 0 radical (unpaired) electrons. The molecule has 4 aliphatic carbocycles. The fourth-order valence-corrected chi connectivity index (χ4v) is 4.70. The summed E-state index contributed by atoms with van der Waals surface area (Å²) in [6.07, 6.45) is 6.32. The summed E-state index contributed by atoms with van der Waals surface area (Å²) >= 11 is 0. The van der Waals surface area contributed by atoms with Crippen LogP contribution in [0.25, 0.3) is 0 Å². The van der Waals surface area contributed by atoms with Crippen molar-refractivity contribution in [2.45, 2.75) is 44.1 Å². The van der Waals surface area contributed by atoms with Crippen LogP contribution in [0.5, 0.6) is 0 Å². The van der Waals surface area contributed by atoms with Gasteiger partial charge in [0.2, 0.25) is 0 Å². The highest BCUT2D eigenvalue weighted by Crippen LogP contribution is 2.60. The topological polar surface area (TPSA) is 64.9 Å². The van der Waals surface area contributed by atoms with Gasteiger partial charge in [0, 0.05) is 19.3 Å². The Labute approximate surface area is 83.7 Å². The van der Waals surface area contributed by atoms with E-state index in [0.717, 1.165) is 19.3 Å². The predicted molar refractivity (Wildman–Crippen MR) is 50.4 cm³/mol. The molecule has 2 unspecified atom stereocenters. The molecule has 4 bridgehead atoms. The molecule has 4 saturated carbocycles. The lowest BCUT2D eigenvalue weighted by Crippen LogP contribution is -2.80. The summed E-state index contributed by atoms with van der Waals surface area (Å²) in [6, 6.07) is 0. The summed E-state index contributed by atoms with van der Waals surface area (Å²) in [5.74, 6) is 0.759.